The van der Waals surface area contributed by atoms with Crippen molar-refractivity contribution in [2.24, 2.45) is 5.73 Å². The van der Waals surface area contributed by atoms with Gasteiger partial charge in [-0.05, 0) is 13.0 Å². The Kier molecular flexibility index (Phi) is 3.42. The fraction of sp³-hybridized carbons (Fsp3) is 0.273. The quantitative estimate of drug-likeness (QED) is 0.532. The number of rotatable bonds is 4. The maximum absolute atomic E-state index is 11.2. The van der Waals surface area contributed by atoms with Crippen molar-refractivity contribution in [1.82, 2.24) is 0 Å². The van der Waals surface area contributed by atoms with Gasteiger partial charge in [-0.3, -0.25) is 19.7 Å². The van der Waals surface area contributed by atoms with E-state index in [1.54, 1.807) is 0 Å². The van der Waals surface area contributed by atoms with E-state index in [1.165, 1.54) is 19.1 Å². The van der Waals surface area contributed by atoms with Crippen LogP contribution in [0.2, 0.25) is 0 Å². The number of amides is 2. The summed E-state index contributed by atoms with van der Waals surface area (Å²) in [5.41, 5.74) is 5.21. The van der Waals surface area contributed by atoms with Gasteiger partial charge in [-0.15, -0.1) is 0 Å². The fourth-order valence-corrected chi connectivity index (χ4v) is 1.69. The summed E-state index contributed by atoms with van der Waals surface area (Å²) in [4.78, 5) is 32.7. The second-order valence-corrected chi connectivity index (χ2v) is 4.23. The van der Waals surface area contributed by atoms with Gasteiger partial charge in [0, 0.05) is 0 Å². The molecule has 1 unspecified atom stereocenters. The molecule has 1 heterocycles. The summed E-state index contributed by atoms with van der Waals surface area (Å²) in [6.07, 6.45) is 0. The molecule has 1 aliphatic heterocycles. The van der Waals surface area contributed by atoms with Crippen molar-refractivity contribution in [1.29, 1.82) is 0 Å². The minimum Gasteiger partial charge on any atom is -0.481 e. The van der Waals surface area contributed by atoms with Crippen molar-refractivity contribution in [2.45, 2.75) is 13.0 Å². The smallest absolute Gasteiger partial charge is 0.296 e. The molecule has 9 heteroatoms. The second kappa shape index (κ2) is 5.03. The number of nitro benzene ring substituents is 1. The molecular weight excluding hydrogens is 268 g/mol. The van der Waals surface area contributed by atoms with Crippen molar-refractivity contribution in [3.05, 3.63) is 22.2 Å². The van der Waals surface area contributed by atoms with Gasteiger partial charge in [-0.25, -0.2) is 0 Å². The summed E-state index contributed by atoms with van der Waals surface area (Å²) in [6.45, 7) is 1.27. The highest BCUT2D eigenvalue weighted by atomic mass is 16.6. The van der Waals surface area contributed by atoms with Crippen molar-refractivity contribution < 1.29 is 19.2 Å². The van der Waals surface area contributed by atoms with Crippen LogP contribution < -0.4 is 21.1 Å². The SMILES string of the molecule is CC(Nc1cc2c(cc1[N+](=O)[O-])OCC(=O)N2)C(N)=O. The van der Waals surface area contributed by atoms with E-state index in [1.807, 2.05) is 0 Å². The number of ether oxygens (including phenoxy) is 1. The molecule has 0 saturated heterocycles. The van der Waals surface area contributed by atoms with Crippen LogP contribution >= 0.6 is 0 Å². The van der Waals surface area contributed by atoms with Crippen LogP contribution in [-0.2, 0) is 9.59 Å². The van der Waals surface area contributed by atoms with Gasteiger partial charge in [0.15, 0.2) is 12.4 Å². The first-order valence-corrected chi connectivity index (χ1v) is 5.69. The van der Waals surface area contributed by atoms with Gasteiger partial charge in [0.1, 0.15) is 11.7 Å². The Labute approximate surface area is 113 Å². The average Bonchev–Trinajstić information content (AvgIpc) is 2.37. The molecule has 0 spiro atoms. The number of primary amides is 1. The van der Waals surface area contributed by atoms with Gasteiger partial charge in [-0.2, -0.15) is 0 Å². The van der Waals surface area contributed by atoms with Gasteiger partial charge < -0.3 is 21.1 Å². The van der Waals surface area contributed by atoms with E-state index in [9.17, 15) is 19.7 Å². The molecule has 4 N–H and O–H groups in total. The number of fused-ring (bicyclic) bond motifs is 1. The van der Waals surface area contributed by atoms with Gasteiger partial charge in [-0.1, -0.05) is 0 Å². The summed E-state index contributed by atoms with van der Waals surface area (Å²) >= 11 is 0. The van der Waals surface area contributed by atoms with Crippen LogP contribution in [0.15, 0.2) is 12.1 Å². The minimum atomic E-state index is -0.799. The monoisotopic (exact) mass is 280 g/mol. The topological polar surface area (TPSA) is 137 Å². The molecule has 2 rings (SSSR count). The molecule has 0 saturated carbocycles. The lowest BCUT2D eigenvalue weighted by molar-refractivity contribution is -0.384. The van der Waals surface area contributed by atoms with E-state index < -0.39 is 16.9 Å². The summed E-state index contributed by atoms with van der Waals surface area (Å²) in [7, 11) is 0. The molecule has 0 radical (unpaired) electrons. The van der Waals surface area contributed by atoms with Gasteiger partial charge in [0.25, 0.3) is 11.6 Å². The molecule has 0 fully saturated rings. The molecule has 1 aromatic carbocycles. The number of nitrogens with one attached hydrogen (secondary N) is 2. The van der Waals surface area contributed by atoms with Crippen molar-refractivity contribution in [3.8, 4) is 5.75 Å². The van der Waals surface area contributed by atoms with Gasteiger partial charge in [0.2, 0.25) is 5.91 Å². The molecular formula is C11H12N4O5. The maximum Gasteiger partial charge on any atom is 0.296 e. The van der Waals surface area contributed by atoms with Crippen molar-refractivity contribution in [2.75, 3.05) is 17.2 Å². The van der Waals surface area contributed by atoms with Crippen LogP contribution in [0.3, 0.4) is 0 Å². The molecule has 1 aromatic rings. The molecule has 0 aliphatic carbocycles. The highest BCUT2D eigenvalue weighted by molar-refractivity contribution is 5.97. The average molecular weight is 280 g/mol. The van der Waals surface area contributed by atoms with E-state index >= 15 is 0 Å². The molecule has 0 bridgehead atoms. The summed E-state index contributed by atoms with van der Waals surface area (Å²) in [6, 6.07) is 1.72. The molecule has 0 aromatic heterocycles. The van der Waals surface area contributed by atoms with Crippen LogP contribution in [0.1, 0.15) is 6.92 Å². The molecule has 20 heavy (non-hydrogen) atoms. The standard InChI is InChI=1S/C11H12N4O5/c1-5(11(12)17)13-6-2-7-9(3-8(6)15(18)19)20-4-10(16)14-7/h2-3,5,13H,4H2,1H3,(H2,12,17)(H,14,16). The predicted molar refractivity (Wildman–Crippen MR) is 69.5 cm³/mol. The molecule has 9 nitrogen and oxygen atoms in total. The van der Waals surface area contributed by atoms with Gasteiger partial charge >= 0.3 is 0 Å². The number of carbonyl (C=O) groups is 2. The Morgan fingerprint density at radius 2 is 2.30 bits per heavy atom. The second-order valence-electron chi connectivity index (χ2n) is 4.23. The lowest BCUT2D eigenvalue weighted by atomic mass is 10.2. The van der Waals surface area contributed by atoms with E-state index in [4.69, 9.17) is 10.5 Å². The lowest BCUT2D eigenvalue weighted by Crippen LogP contribution is -2.33. The number of carbonyl (C=O) groups excluding carboxylic acids is 2. The third-order valence-corrected chi connectivity index (χ3v) is 2.73. The number of nitrogens with zero attached hydrogens (tertiary/aromatic N) is 1. The highest BCUT2D eigenvalue weighted by Crippen LogP contribution is 2.37. The zero-order valence-electron chi connectivity index (χ0n) is 10.5. The fourth-order valence-electron chi connectivity index (χ4n) is 1.69. The van der Waals surface area contributed by atoms with E-state index in [-0.39, 0.29) is 29.6 Å². The molecule has 2 amide bonds. The molecule has 1 atom stereocenters. The Hall–Kier alpha value is -2.84. The van der Waals surface area contributed by atoms with Crippen LogP contribution in [-0.4, -0.2) is 29.4 Å². The summed E-state index contributed by atoms with van der Waals surface area (Å²) < 4.78 is 5.10. The van der Waals surface area contributed by atoms with Crippen molar-refractivity contribution >= 4 is 28.9 Å². The third kappa shape index (κ3) is 2.60. The number of hydrogen-bond donors (Lipinski definition) is 3. The Morgan fingerprint density at radius 3 is 2.90 bits per heavy atom. The number of anilines is 2. The van der Waals surface area contributed by atoms with Crippen LogP contribution in [0.25, 0.3) is 0 Å². The number of nitro groups is 1. The first kappa shape index (κ1) is 13.6. The summed E-state index contributed by atoms with van der Waals surface area (Å²) in [5.74, 6) is -0.814. The zero-order valence-corrected chi connectivity index (χ0v) is 10.5. The van der Waals surface area contributed by atoms with E-state index in [0.717, 1.165) is 0 Å². The Morgan fingerprint density at radius 1 is 1.60 bits per heavy atom. The number of nitrogens with two attached hydrogens (primary N) is 1. The van der Waals surface area contributed by atoms with E-state index in [2.05, 4.69) is 10.6 Å². The predicted octanol–water partition coefficient (Wildman–Crippen LogP) is 0.211. The normalized spacial score (nSPS) is 14.6. The summed E-state index contributed by atoms with van der Waals surface area (Å²) in [5, 5.41) is 16.2. The third-order valence-electron chi connectivity index (χ3n) is 2.73. The van der Waals surface area contributed by atoms with Gasteiger partial charge in [0.05, 0.1) is 16.7 Å². The first-order chi connectivity index (χ1) is 9.38. The minimum absolute atomic E-state index is 0.0749. The highest BCUT2D eigenvalue weighted by Gasteiger charge is 2.25. The first-order valence-electron chi connectivity index (χ1n) is 5.69. The Balaban J connectivity index is 2.43. The number of hydrogen-bond acceptors (Lipinski definition) is 6. The van der Waals surface area contributed by atoms with Crippen LogP contribution in [0.4, 0.5) is 17.1 Å². The Bertz CT molecular complexity index is 601. The van der Waals surface area contributed by atoms with Crippen LogP contribution in [0.5, 0.6) is 5.75 Å². The zero-order chi connectivity index (χ0) is 14.9. The molecule has 1 aliphatic rings. The van der Waals surface area contributed by atoms with Crippen molar-refractivity contribution in [3.63, 3.8) is 0 Å². The maximum atomic E-state index is 11.2. The lowest BCUT2D eigenvalue weighted by Gasteiger charge is -2.20. The number of benzene rings is 1. The van der Waals surface area contributed by atoms with E-state index in [0.29, 0.717) is 5.69 Å². The molecule has 106 valence electrons. The largest absolute Gasteiger partial charge is 0.481 e. The van der Waals surface area contributed by atoms with Crippen LogP contribution in [0, 0.1) is 10.1 Å².